The number of hydrogen-bond acceptors (Lipinski definition) is 3. The quantitative estimate of drug-likeness (QED) is 0.400. The highest BCUT2D eigenvalue weighted by Crippen LogP contribution is 2.20. The van der Waals surface area contributed by atoms with Gasteiger partial charge in [0.15, 0.2) is 6.61 Å². The van der Waals surface area contributed by atoms with Gasteiger partial charge in [0.25, 0.3) is 5.91 Å². The second-order valence-corrected chi connectivity index (χ2v) is 9.49. The zero-order valence-electron chi connectivity index (χ0n) is 21.1. The number of benzene rings is 3. The molecule has 1 atom stereocenters. The molecule has 2 amide bonds. The average molecular weight is 485 g/mol. The molecule has 4 rings (SSSR count). The van der Waals surface area contributed by atoms with Crippen molar-refractivity contribution in [3.8, 4) is 5.75 Å². The van der Waals surface area contributed by atoms with Gasteiger partial charge in [-0.2, -0.15) is 0 Å². The van der Waals surface area contributed by atoms with E-state index in [2.05, 4.69) is 12.2 Å². The monoisotopic (exact) mass is 484 g/mol. The molecule has 1 aliphatic carbocycles. The lowest BCUT2D eigenvalue weighted by atomic mass is 10.0. The van der Waals surface area contributed by atoms with E-state index >= 15 is 0 Å². The Morgan fingerprint density at radius 2 is 1.47 bits per heavy atom. The van der Waals surface area contributed by atoms with Crippen molar-refractivity contribution in [3.05, 3.63) is 102 Å². The molecule has 1 unspecified atom stereocenters. The molecule has 3 aromatic rings. The van der Waals surface area contributed by atoms with Crippen LogP contribution in [0.2, 0.25) is 0 Å². The third-order valence-electron chi connectivity index (χ3n) is 6.86. The predicted molar refractivity (Wildman–Crippen MR) is 143 cm³/mol. The summed E-state index contributed by atoms with van der Waals surface area (Å²) < 4.78 is 5.88. The Hall–Kier alpha value is -3.60. The lowest BCUT2D eigenvalue weighted by Gasteiger charge is -2.32. The van der Waals surface area contributed by atoms with Gasteiger partial charge in [0.1, 0.15) is 11.8 Å². The Morgan fingerprint density at radius 1 is 0.861 bits per heavy atom. The fraction of sp³-hybridized carbons (Fsp3) is 0.355. The summed E-state index contributed by atoms with van der Waals surface area (Å²) in [6, 6.07) is 27.1. The number of ether oxygens (including phenoxy) is 1. The molecule has 36 heavy (non-hydrogen) atoms. The molecule has 0 radical (unpaired) electrons. The van der Waals surface area contributed by atoms with Crippen LogP contribution in [0.5, 0.6) is 5.75 Å². The molecule has 0 aliphatic heterocycles. The van der Waals surface area contributed by atoms with Gasteiger partial charge in [0.2, 0.25) is 5.91 Å². The molecule has 1 N–H and O–H groups in total. The summed E-state index contributed by atoms with van der Waals surface area (Å²) >= 11 is 0. The first-order valence-corrected chi connectivity index (χ1v) is 13.0. The van der Waals surface area contributed by atoms with Crippen LogP contribution >= 0.6 is 0 Å². The van der Waals surface area contributed by atoms with Crippen molar-refractivity contribution >= 4 is 11.8 Å². The van der Waals surface area contributed by atoms with E-state index in [9.17, 15) is 9.59 Å². The Balaban J connectivity index is 1.57. The number of hydrogen-bond donors (Lipinski definition) is 1. The lowest BCUT2D eigenvalue weighted by Crippen LogP contribution is -2.53. The molecule has 0 spiro atoms. The molecule has 5 heteroatoms. The SMILES string of the molecule is CCc1ccc(OCC(=O)N(Cc2ccccc2)C(Cc2ccccc2)C(=O)NC2CCCC2)cc1. The summed E-state index contributed by atoms with van der Waals surface area (Å²) in [6.45, 7) is 2.32. The summed E-state index contributed by atoms with van der Waals surface area (Å²) in [7, 11) is 0. The van der Waals surface area contributed by atoms with Gasteiger partial charge in [-0.1, -0.05) is 92.6 Å². The Bertz CT molecular complexity index is 1090. The van der Waals surface area contributed by atoms with Crippen LogP contribution in [0.4, 0.5) is 0 Å². The van der Waals surface area contributed by atoms with E-state index < -0.39 is 6.04 Å². The maximum Gasteiger partial charge on any atom is 0.261 e. The Morgan fingerprint density at radius 3 is 2.08 bits per heavy atom. The zero-order valence-corrected chi connectivity index (χ0v) is 21.1. The lowest BCUT2D eigenvalue weighted by molar-refractivity contribution is -0.143. The number of nitrogens with zero attached hydrogens (tertiary/aromatic N) is 1. The van der Waals surface area contributed by atoms with E-state index in [0.29, 0.717) is 18.7 Å². The van der Waals surface area contributed by atoms with E-state index in [1.807, 2.05) is 84.9 Å². The van der Waals surface area contributed by atoms with Crippen molar-refractivity contribution in [3.63, 3.8) is 0 Å². The smallest absolute Gasteiger partial charge is 0.261 e. The molecule has 1 fully saturated rings. The van der Waals surface area contributed by atoms with Crippen LogP contribution in [0.3, 0.4) is 0 Å². The van der Waals surface area contributed by atoms with Crippen LogP contribution in [-0.4, -0.2) is 35.4 Å². The van der Waals surface area contributed by atoms with Crippen LogP contribution in [0.1, 0.15) is 49.3 Å². The van der Waals surface area contributed by atoms with E-state index in [-0.39, 0.29) is 24.5 Å². The van der Waals surface area contributed by atoms with Crippen LogP contribution in [0.25, 0.3) is 0 Å². The minimum Gasteiger partial charge on any atom is -0.484 e. The first-order chi connectivity index (χ1) is 17.6. The molecular formula is C31H36N2O3. The highest BCUT2D eigenvalue weighted by atomic mass is 16.5. The van der Waals surface area contributed by atoms with Crippen LogP contribution < -0.4 is 10.1 Å². The molecule has 0 bridgehead atoms. The van der Waals surface area contributed by atoms with Gasteiger partial charge in [-0.3, -0.25) is 9.59 Å². The topological polar surface area (TPSA) is 58.6 Å². The molecule has 0 aromatic heterocycles. The number of amides is 2. The van der Waals surface area contributed by atoms with Crippen LogP contribution in [0, 0.1) is 0 Å². The summed E-state index contributed by atoms with van der Waals surface area (Å²) in [5, 5.41) is 3.23. The van der Waals surface area contributed by atoms with Crippen molar-refractivity contribution < 1.29 is 14.3 Å². The Labute approximate surface area is 214 Å². The third kappa shape index (κ3) is 7.20. The van der Waals surface area contributed by atoms with Gasteiger partial charge < -0.3 is 15.0 Å². The van der Waals surface area contributed by atoms with E-state index in [4.69, 9.17) is 4.74 Å². The summed E-state index contributed by atoms with van der Waals surface area (Å²) in [5.74, 6) is 0.346. The number of rotatable bonds is 11. The molecule has 0 saturated heterocycles. The van der Waals surface area contributed by atoms with Gasteiger partial charge in [-0.25, -0.2) is 0 Å². The highest BCUT2D eigenvalue weighted by molar-refractivity contribution is 5.88. The molecule has 1 aliphatic rings. The van der Waals surface area contributed by atoms with Crippen molar-refractivity contribution in [2.24, 2.45) is 0 Å². The van der Waals surface area contributed by atoms with Crippen molar-refractivity contribution in [1.29, 1.82) is 0 Å². The van der Waals surface area contributed by atoms with Crippen LogP contribution in [0.15, 0.2) is 84.9 Å². The first-order valence-electron chi connectivity index (χ1n) is 13.0. The van der Waals surface area contributed by atoms with Gasteiger partial charge in [0.05, 0.1) is 0 Å². The number of carbonyl (C=O) groups is 2. The summed E-state index contributed by atoms with van der Waals surface area (Å²) in [4.78, 5) is 29.0. The molecule has 188 valence electrons. The van der Waals surface area contributed by atoms with Gasteiger partial charge in [-0.15, -0.1) is 0 Å². The number of carbonyl (C=O) groups excluding carboxylic acids is 2. The number of aryl methyl sites for hydroxylation is 1. The second-order valence-electron chi connectivity index (χ2n) is 9.49. The van der Waals surface area contributed by atoms with Crippen molar-refractivity contribution in [2.75, 3.05) is 6.61 Å². The third-order valence-corrected chi connectivity index (χ3v) is 6.86. The summed E-state index contributed by atoms with van der Waals surface area (Å²) in [5.41, 5.74) is 3.21. The molecule has 5 nitrogen and oxygen atoms in total. The fourth-order valence-corrected chi connectivity index (χ4v) is 4.75. The molecule has 0 heterocycles. The largest absolute Gasteiger partial charge is 0.484 e. The fourth-order valence-electron chi connectivity index (χ4n) is 4.75. The van der Waals surface area contributed by atoms with Crippen molar-refractivity contribution in [1.82, 2.24) is 10.2 Å². The molecule has 3 aromatic carbocycles. The Kier molecular flexibility index (Phi) is 9.15. The van der Waals surface area contributed by atoms with E-state index in [1.54, 1.807) is 4.90 Å². The average Bonchev–Trinajstić information content (AvgIpc) is 3.43. The zero-order chi connectivity index (χ0) is 25.2. The normalized spacial score (nSPS) is 14.2. The van der Waals surface area contributed by atoms with Crippen molar-refractivity contribution in [2.45, 2.75) is 64.1 Å². The maximum absolute atomic E-state index is 13.6. The van der Waals surface area contributed by atoms with Gasteiger partial charge in [-0.05, 0) is 48.1 Å². The maximum atomic E-state index is 13.6. The minimum absolute atomic E-state index is 0.0951. The van der Waals surface area contributed by atoms with Gasteiger partial charge >= 0.3 is 0 Å². The van der Waals surface area contributed by atoms with Gasteiger partial charge in [0, 0.05) is 19.0 Å². The summed E-state index contributed by atoms with van der Waals surface area (Å²) in [6.07, 6.45) is 5.64. The molecular weight excluding hydrogens is 448 g/mol. The predicted octanol–water partition coefficient (Wildman–Crippen LogP) is 5.33. The number of nitrogens with one attached hydrogen (secondary N) is 1. The van der Waals surface area contributed by atoms with Crippen LogP contribution in [-0.2, 0) is 29.0 Å². The second kappa shape index (κ2) is 12.9. The minimum atomic E-state index is -0.633. The van der Waals surface area contributed by atoms with E-state index in [0.717, 1.165) is 43.2 Å². The molecule has 1 saturated carbocycles. The highest BCUT2D eigenvalue weighted by Gasteiger charge is 2.32. The first kappa shape index (κ1) is 25.5. The standard InChI is InChI=1S/C31H36N2O3/c1-2-24-17-19-28(20-18-24)36-23-30(34)33(22-26-13-7-4-8-14-26)29(21-25-11-5-3-6-12-25)31(35)32-27-15-9-10-16-27/h3-8,11-14,17-20,27,29H,2,9-10,15-16,21-23H2,1H3,(H,32,35). The van der Waals surface area contributed by atoms with E-state index in [1.165, 1.54) is 5.56 Å².